The molecule has 2 aromatic carbocycles. The lowest BCUT2D eigenvalue weighted by atomic mass is 9.77. The quantitative estimate of drug-likeness (QED) is 0.213. The van der Waals surface area contributed by atoms with Crippen LogP contribution in [0.4, 0.5) is 26.3 Å². The topological polar surface area (TPSA) is 18.5 Å². The molecule has 1 aliphatic rings. The van der Waals surface area contributed by atoms with Crippen molar-refractivity contribution in [3.05, 3.63) is 64.7 Å². The minimum Gasteiger partial charge on any atom is -0.429 e. The maximum absolute atomic E-state index is 14.5. The van der Waals surface area contributed by atoms with Gasteiger partial charge in [0.25, 0.3) is 0 Å². The van der Waals surface area contributed by atoms with Crippen LogP contribution in [0.1, 0.15) is 80.9 Å². The Hall–Kier alpha value is -2.22. The predicted molar refractivity (Wildman–Crippen MR) is 122 cm³/mol. The van der Waals surface area contributed by atoms with Crippen molar-refractivity contribution in [2.45, 2.75) is 83.3 Å². The molecule has 3 rings (SSSR count). The fraction of sp³-hybridized carbons (Fsp3) is 0.556. The minimum absolute atomic E-state index is 0.0157. The zero-order valence-electron chi connectivity index (χ0n) is 19.9. The van der Waals surface area contributed by atoms with Crippen LogP contribution in [0.15, 0.2) is 36.4 Å². The number of ether oxygens (including phenoxy) is 2. The summed E-state index contributed by atoms with van der Waals surface area (Å²) in [5.74, 6) is -2.73. The van der Waals surface area contributed by atoms with Gasteiger partial charge in [-0.1, -0.05) is 56.9 Å². The van der Waals surface area contributed by atoms with Crippen molar-refractivity contribution in [2.75, 3.05) is 6.61 Å². The number of hydrogen-bond acceptors (Lipinski definition) is 2. The lowest BCUT2D eigenvalue weighted by molar-refractivity contribution is -0.248. The van der Waals surface area contributed by atoms with Crippen LogP contribution < -0.4 is 4.74 Å². The average Bonchev–Trinajstić information content (AvgIpc) is 2.82. The molecule has 0 aliphatic heterocycles. The molecule has 35 heavy (non-hydrogen) atoms. The number of rotatable bonds is 12. The molecule has 0 radical (unpaired) electrons. The molecule has 0 N–H and O–H groups in total. The Morgan fingerprint density at radius 2 is 1.57 bits per heavy atom. The van der Waals surface area contributed by atoms with Gasteiger partial charge in [0, 0.05) is 0 Å². The van der Waals surface area contributed by atoms with E-state index in [0.29, 0.717) is 5.92 Å². The number of unbranched alkanes of at least 4 members (excludes halogenated alkanes) is 2. The molecule has 2 aromatic rings. The third kappa shape index (κ3) is 7.89. The molecular formula is C27H32F6O2. The summed E-state index contributed by atoms with van der Waals surface area (Å²) in [4.78, 5) is 0. The molecule has 0 bridgehead atoms. The zero-order chi connectivity index (χ0) is 25.4. The molecule has 194 valence electrons. The Balaban J connectivity index is 1.50. The van der Waals surface area contributed by atoms with E-state index in [-0.39, 0.29) is 17.5 Å². The first-order chi connectivity index (χ1) is 16.7. The Morgan fingerprint density at radius 1 is 0.943 bits per heavy atom. The van der Waals surface area contributed by atoms with Gasteiger partial charge in [0.05, 0.1) is 12.2 Å². The smallest absolute Gasteiger partial charge is 0.387 e. The summed E-state index contributed by atoms with van der Waals surface area (Å²) in [5, 5.41) is 0. The number of alkyl halides is 4. The Morgan fingerprint density at radius 3 is 2.14 bits per heavy atom. The first-order valence-corrected chi connectivity index (χ1v) is 12.2. The second-order valence-corrected chi connectivity index (χ2v) is 9.22. The maximum Gasteiger partial charge on any atom is 0.387 e. The minimum atomic E-state index is -3.58. The van der Waals surface area contributed by atoms with Crippen LogP contribution in [-0.2, 0) is 17.3 Å². The molecule has 0 aromatic heterocycles. The van der Waals surface area contributed by atoms with Gasteiger partial charge < -0.3 is 9.47 Å². The van der Waals surface area contributed by atoms with E-state index >= 15 is 0 Å². The van der Waals surface area contributed by atoms with Crippen molar-refractivity contribution in [2.24, 2.45) is 5.92 Å². The third-order valence-corrected chi connectivity index (χ3v) is 6.72. The standard InChI is InChI=1S/C27H32F6O2/c1-2-3-4-5-18-6-8-20(9-7-18)21-10-12-22(13-11-21)27(32,33)34-15-14-19-16-23(28)25(24(29)17-19)35-26(30)31/h10-13,16-18,20,26H,2-9,14-15H2,1H3/t18-,20-. The largest absolute Gasteiger partial charge is 0.429 e. The second-order valence-electron chi connectivity index (χ2n) is 9.22. The van der Waals surface area contributed by atoms with E-state index in [1.165, 1.54) is 50.7 Å². The number of halogens is 6. The van der Waals surface area contributed by atoms with Gasteiger partial charge in [0.15, 0.2) is 17.4 Å². The molecular weight excluding hydrogens is 470 g/mol. The van der Waals surface area contributed by atoms with Gasteiger partial charge in [-0.3, -0.25) is 0 Å². The molecule has 0 heterocycles. The maximum atomic E-state index is 14.5. The van der Waals surface area contributed by atoms with E-state index in [1.54, 1.807) is 12.1 Å². The zero-order valence-corrected chi connectivity index (χ0v) is 19.9. The van der Waals surface area contributed by atoms with E-state index in [0.717, 1.165) is 36.5 Å². The van der Waals surface area contributed by atoms with Gasteiger partial charge in [0.2, 0.25) is 0 Å². The summed E-state index contributed by atoms with van der Waals surface area (Å²) < 4.78 is 89.6. The van der Waals surface area contributed by atoms with E-state index in [4.69, 9.17) is 4.74 Å². The average molecular weight is 503 g/mol. The Kier molecular flexibility index (Phi) is 9.89. The summed E-state index contributed by atoms with van der Waals surface area (Å²) in [7, 11) is 0. The van der Waals surface area contributed by atoms with Crippen molar-refractivity contribution >= 4 is 0 Å². The van der Waals surface area contributed by atoms with Crippen LogP contribution in [0.3, 0.4) is 0 Å². The van der Waals surface area contributed by atoms with Gasteiger partial charge in [-0.2, -0.15) is 17.6 Å². The van der Waals surface area contributed by atoms with Crippen LogP contribution in [0, 0.1) is 17.6 Å². The highest BCUT2D eigenvalue weighted by Crippen LogP contribution is 2.39. The summed E-state index contributed by atoms with van der Waals surface area (Å²) in [6.45, 7) is -1.71. The summed E-state index contributed by atoms with van der Waals surface area (Å²) in [6, 6.07) is 7.69. The van der Waals surface area contributed by atoms with Crippen LogP contribution in [0.2, 0.25) is 0 Å². The fourth-order valence-corrected chi connectivity index (χ4v) is 4.76. The van der Waals surface area contributed by atoms with Crippen LogP contribution in [0.5, 0.6) is 5.75 Å². The molecule has 1 aliphatic carbocycles. The highest BCUT2D eigenvalue weighted by atomic mass is 19.3. The lowest BCUT2D eigenvalue weighted by Crippen LogP contribution is -2.20. The SMILES string of the molecule is CCCCC[C@H]1CC[C@H](c2ccc(C(F)(F)OCCc3cc(F)c(OC(F)F)c(F)c3)cc2)CC1. The lowest BCUT2D eigenvalue weighted by Gasteiger charge is -2.29. The van der Waals surface area contributed by atoms with E-state index in [1.807, 2.05) is 0 Å². The highest BCUT2D eigenvalue weighted by Gasteiger charge is 2.33. The first-order valence-electron chi connectivity index (χ1n) is 12.2. The molecule has 0 atom stereocenters. The van der Waals surface area contributed by atoms with Gasteiger partial charge in [-0.25, -0.2) is 8.78 Å². The molecule has 0 unspecified atom stereocenters. The van der Waals surface area contributed by atoms with Gasteiger partial charge >= 0.3 is 12.7 Å². The fourth-order valence-electron chi connectivity index (χ4n) is 4.76. The molecule has 0 saturated heterocycles. The predicted octanol–water partition coefficient (Wildman–Crippen LogP) is 8.73. The molecule has 8 heteroatoms. The summed E-state index contributed by atoms with van der Waals surface area (Å²) >= 11 is 0. The first kappa shape index (κ1) is 27.4. The molecule has 2 nitrogen and oxygen atoms in total. The van der Waals surface area contributed by atoms with E-state index in [9.17, 15) is 26.3 Å². The summed E-state index contributed by atoms with van der Waals surface area (Å²) in [6.07, 6.45) is 5.70. The van der Waals surface area contributed by atoms with E-state index < -0.39 is 36.7 Å². The van der Waals surface area contributed by atoms with Crippen molar-refractivity contribution in [1.29, 1.82) is 0 Å². The molecule has 1 saturated carbocycles. The van der Waals surface area contributed by atoms with Gasteiger partial charge in [-0.15, -0.1) is 0 Å². The highest BCUT2D eigenvalue weighted by molar-refractivity contribution is 5.31. The number of benzene rings is 2. The number of hydrogen-bond donors (Lipinski definition) is 0. The van der Waals surface area contributed by atoms with E-state index in [2.05, 4.69) is 11.7 Å². The Labute approximate surface area is 202 Å². The Bertz CT molecular complexity index is 901. The van der Waals surface area contributed by atoms with Gasteiger partial charge in [0.1, 0.15) is 0 Å². The normalized spacial score (nSPS) is 18.7. The van der Waals surface area contributed by atoms with Crippen molar-refractivity contribution in [3.63, 3.8) is 0 Å². The monoisotopic (exact) mass is 502 g/mol. The van der Waals surface area contributed by atoms with Crippen LogP contribution >= 0.6 is 0 Å². The van der Waals surface area contributed by atoms with Crippen LogP contribution in [-0.4, -0.2) is 13.2 Å². The molecule has 0 amide bonds. The molecule has 0 spiro atoms. The third-order valence-electron chi connectivity index (χ3n) is 6.72. The van der Waals surface area contributed by atoms with Gasteiger partial charge in [-0.05, 0) is 67.2 Å². The summed E-state index contributed by atoms with van der Waals surface area (Å²) in [5.41, 5.74) is 0.735. The van der Waals surface area contributed by atoms with Crippen molar-refractivity contribution < 1.29 is 35.8 Å². The van der Waals surface area contributed by atoms with Crippen LogP contribution in [0.25, 0.3) is 0 Å². The van der Waals surface area contributed by atoms with Crippen molar-refractivity contribution in [1.82, 2.24) is 0 Å². The van der Waals surface area contributed by atoms with Crippen molar-refractivity contribution in [3.8, 4) is 5.75 Å². The molecule has 1 fully saturated rings. The second kappa shape index (κ2) is 12.7.